The molecule has 3 aromatic rings. The fourth-order valence-electron chi connectivity index (χ4n) is 2.54. The van der Waals surface area contributed by atoms with E-state index in [1.807, 2.05) is 49.4 Å². The summed E-state index contributed by atoms with van der Waals surface area (Å²) < 4.78 is 11.0. The Labute approximate surface area is 146 Å². The Hall–Kier alpha value is -3.08. The first-order valence-electron chi connectivity index (χ1n) is 8.05. The van der Waals surface area contributed by atoms with Crippen molar-refractivity contribution in [1.29, 1.82) is 0 Å². The Morgan fingerprint density at radius 3 is 2.56 bits per heavy atom. The molecule has 5 heteroatoms. The summed E-state index contributed by atoms with van der Waals surface area (Å²) >= 11 is 0. The molecule has 5 nitrogen and oxygen atoms in total. The topological polar surface area (TPSA) is 60.5 Å². The van der Waals surface area contributed by atoms with Crippen molar-refractivity contribution < 1.29 is 14.3 Å². The van der Waals surface area contributed by atoms with Crippen molar-refractivity contribution in [2.75, 3.05) is 12.4 Å². The van der Waals surface area contributed by atoms with Crippen molar-refractivity contribution in [3.05, 3.63) is 60.3 Å². The van der Waals surface area contributed by atoms with Gasteiger partial charge in [-0.25, -0.2) is 0 Å². The number of fused-ring (bicyclic) bond motifs is 1. The quantitative estimate of drug-likeness (QED) is 0.766. The second kappa shape index (κ2) is 7.21. The summed E-state index contributed by atoms with van der Waals surface area (Å²) in [6, 6.07) is 16.9. The van der Waals surface area contributed by atoms with Crippen molar-refractivity contribution in [3.8, 4) is 11.5 Å². The lowest BCUT2D eigenvalue weighted by Crippen LogP contribution is -2.30. The molecule has 0 aliphatic rings. The smallest absolute Gasteiger partial charge is 0.265 e. The minimum Gasteiger partial charge on any atom is -0.493 e. The molecule has 0 saturated carbocycles. The van der Waals surface area contributed by atoms with Crippen molar-refractivity contribution >= 4 is 22.5 Å². The molecular formula is C20H20N2O3. The van der Waals surface area contributed by atoms with Gasteiger partial charge in [0, 0.05) is 11.1 Å². The van der Waals surface area contributed by atoms with E-state index in [0.717, 1.165) is 16.6 Å². The number of ether oxygens (including phenoxy) is 2. The minimum absolute atomic E-state index is 0.248. The van der Waals surface area contributed by atoms with Crippen LogP contribution in [-0.2, 0) is 4.79 Å². The highest BCUT2D eigenvalue weighted by atomic mass is 16.5. The fraction of sp³-hybridized carbons (Fsp3) is 0.200. The van der Waals surface area contributed by atoms with Crippen LogP contribution >= 0.6 is 0 Å². The standard InChI is InChI=1S/C20H20N2O3/c1-13-11-12-15-7-6-8-16(19(15)21-13)22-20(23)14(2)25-18-10-5-4-9-17(18)24-3/h4-12,14H,1-3H3,(H,22,23)/t14-/m1/s1. The molecule has 1 atom stereocenters. The van der Waals surface area contributed by atoms with Gasteiger partial charge in [0.05, 0.1) is 18.3 Å². The van der Waals surface area contributed by atoms with Crippen LogP contribution in [0.15, 0.2) is 54.6 Å². The lowest BCUT2D eigenvalue weighted by Gasteiger charge is -2.17. The highest BCUT2D eigenvalue weighted by Gasteiger charge is 2.18. The molecule has 0 radical (unpaired) electrons. The average Bonchev–Trinajstić information content (AvgIpc) is 2.62. The van der Waals surface area contributed by atoms with E-state index < -0.39 is 6.10 Å². The molecule has 2 aromatic carbocycles. The third-order valence-corrected chi connectivity index (χ3v) is 3.86. The van der Waals surface area contributed by atoms with Crippen LogP contribution in [0.3, 0.4) is 0 Å². The first-order valence-corrected chi connectivity index (χ1v) is 8.05. The summed E-state index contributed by atoms with van der Waals surface area (Å²) in [7, 11) is 1.57. The van der Waals surface area contributed by atoms with E-state index in [2.05, 4.69) is 10.3 Å². The molecule has 128 valence electrons. The molecule has 0 bridgehead atoms. The van der Waals surface area contributed by atoms with Gasteiger partial charge in [0.25, 0.3) is 5.91 Å². The lowest BCUT2D eigenvalue weighted by atomic mass is 10.1. The predicted octanol–water partition coefficient (Wildman–Crippen LogP) is 3.96. The van der Waals surface area contributed by atoms with Crippen molar-refractivity contribution in [3.63, 3.8) is 0 Å². The van der Waals surface area contributed by atoms with Crippen molar-refractivity contribution in [2.24, 2.45) is 0 Å². The van der Waals surface area contributed by atoms with Crippen LogP contribution in [0.5, 0.6) is 11.5 Å². The highest BCUT2D eigenvalue weighted by Crippen LogP contribution is 2.27. The molecule has 3 rings (SSSR count). The fourth-order valence-corrected chi connectivity index (χ4v) is 2.54. The Morgan fingerprint density at radius 2 is 1.80 bits per heavy atom. The maximum absolute atomic E-state index is 12.5. The van der Waals surface area contributed by atoms with Gasteiger partial charge in [-0.2, -0.15) is 0 Å². The molecule has 1 amide bonds. The summed E-state index contributed by atoms with van der Waals surface area (Å²) in [5, 5.41) is 3.88. The van der Waals surface area contributed by atoms with Crippen LogP contribution in [0.25, 0.3) is 10.9 Å². The Balaban J connectivity index is 1.79. The molecule has 25 heavy (non-hydrogen) atoms. The van der Waals surface area contributed by atoms with E-state index in [1.165, 1.54) is 0 Å². The molecule has 1 aromatic heterocycles. The number of aromatic nitrogens is 1. The summed E-state index contributed by atoms with van der Waals surface area (Å²) in [6.07, 6.45) is -0.684. The van der Waals surface area contributed by atoms with Gasteiger partial charge in [-0.3, -0.25) is 9.78 Å². The van der Waals surface area contributed by atoms with E-state index in [0.29, 0.717) is 17.2 Å². The van der Waals surface area contributed by atoms with Crippen LogP contribution in [0.2, 0.25) is 0 Å². The number of amides is 1. The number of benzene rings is 2. The zero-order valence-electron chi connectivity index (χ0n) is 14.4. The molecule has 1 heterocycles. The van der Waals surface area contributed by atoms with E-state index >= 15 is 0 Å². The van der Waals surface area contributed by atoms with Crippen LogP contribution in [-0.4, -0.2) is 24.1 Å². The van der Waals surface area contributed by atoms with Crippen LogP contribution in [0, 0.1) is 6.92 Å². The van der Waals surface area contributed by atoms with Crippen molar-refractivity contribution in [1.82, 2.24) is 4.98 Å². The monoisotopic (exact) mass is 336 g/mol. The number of hydrogen-bond donors (Lipinski definition) is 1. The second-order valence-electron chi connectivity index (χ2n) is 5.73. The Morgan fingerprint density at radius 1 is 1.04 bits per heavy atom. The van der Waals surface area contributed by atoms with Gasteiger partial charge < -0.3 is 14.8 Å². The number of nitrogens with one attached hydrogen (secondary N) is 1. The molecule has 1 N–H and O–H groups in total. The molecule has 0 aliphatic carbocycles. The average molecular weight is 336 g/mol. The van der Waals surface area contributed by atoms with Gasteiger partial charge in [-0.05, 0) is 38.1 Å². The van der Waals surface area contributed by atoms with Gasteiger partial charge in [-0.1, -0.05) is 30.3 Å². The van der Waals surface area contributed by atoms with Gasteiger partial charge in [-0.15, -0.1) is 0 Å². The summed E-state index contributed by atoms with van der Waals surface area (Å²) in [6.45, 7) is 3.62. The third kappa shape index (κ3) is 3.71. The SMILES string of the molecule is COc1ccccc1O[C@H](C)C(=O)Nc1cccc2ccc(C)nc12. The van der Waals surface area contributed by atoms with Crippen LogP contribution in [0.4, 0.5) is 5.69 Å². The van der Waals surface area contributed by atoms with E-state index in [1.54, 1.807) is 26.2 Å². The lowest BCUT2D eigenvalue weighted by molar-refractivity contribution is -0.122. The minimum atomic E-state index is -0.684. The number of aryl methyl sites for hydroxylation is 1. The second-order valence-corrected chi connectivity index (χ2v) is 5.73. The van der Waals surface area contributed by atoms with Gasteiger partial charge in [0.2, 0.25) is 0 Å². The number of nitrogens with zero attached hydrogens (tertiary/aromatic N) is 1. The first-order chi connectivity index (χ1) is 12.1. The number of hydrogen-bond acceptors (Lipinski definition) is 4. The van der Waals surface area contributed by atoms with E-state index in [4.69, 9.17) is 9.47 Å². The maximum Gasteiger partial charge on any atom is 0.265 e. The van der Waals surface area contributed by atoms with Crippen molar-refractivity contribution in [2.45, 2.75) is 20.0 Å². The summed E-state index contributed by atoms with van der Waals surface area (Å²) in [5.41, 5.74) is 2.33. The highest BCUT2D eigenvalue weighted by molar-refractivity contribution is 6.01. The molecule has 0 aliphatic heterocycles. The number of methoxy groups -OCH3 is 1. The number of anilines is 1. The molecule has 0 unspecified atom stereocenters. The maximum atomic E-state index is 12.5. The number of carbonyl (C=O) groups is 1. The van der Waals surface area contributed by atoms with E-state index in [9.17, 15) is 4.79 Å². The molecule has 0 spiro atoms. The molecular weight excluding hydrogens is 316 g/mol. The van der Waals surface area contributed by atoms with Gasteiger partial charge in [0.15, 0.2) is 17.6 Å². The summed E-state index contributed by atoms with van der Waals surface area (Å²) in [4.78, 5) is 17.1. The zero-order chi connectivity index (χ0) is 17.8. The van der Waals surface area contributed by atoms with Crippen LogP contribution < -0.4 is 14.8 Å². The largest absolute Gasteiger partial charge is 0.493 e. The molecule has 0 fully saturated rings. The normalized spacial score (nSPS) is 11.8. The van der Waals surface area contributed by atoms with Crippen LogP contribution in [0.1, 0.15) is 12.6 Å². The zero-order valence-corrected chi connectivity index (χ0v) is 14.4. The number of rotatable bonds is 5. The summed E-state index contributed by atoms with van der Waals surface area (Å²) in [5.74, 6) is 0.867. The Bertz CT molecular complexity index is 908. The molecule has 0 saturated heterocycles. The number of carbonyl (C=O) groups excluding carboxylic acids is 1. The van der Waals surface area contributed by atoms with E-state index in [-0.39, 0.29) is 5.91 Å². The Kier molecular flexibility index (Phi) is 4.84. The third-order valence-electron chi connectivity index (χ3n) is 3.86. The number of para-hydroxylation sites is 3. The van der Waals surface area contributed by atoms with Gasteiger partial charge >= 0.3 is 0 Å². The van der Waals surface area contributed by atoms with Gasteiger partial charge in [0.1, 0.15) is 0 Å². The number of pyridine rings is 1. The first kappa shape index (κ1) is 16.8. The predicted molar refractivity (Wildman–Crippen MR) is 98.2 cm³/mol.